The zero-order valence-corrected chi connectivity index (χ0v) is 11.9. The molecule has 5 nitrogen and oxygen atoms in total. The molecule has 0 radical (unpaired) electrons. The monoisotopic (exact) mass is 299 g/mol. The fraction of sp³-hybridized carbons (Fsp3) is 0.0667. The zero-order chi connectivity index (χ0) is 15.2. The van der Waals surface area contributed by atoms with Crippen molar-refractivity contribution in [1.82, 2.24) is 0 Å². The Morgan fingerprint density at radius 1 is 1.19 bits per heavy atom. The molecule has 6 heteroatoms. The molecule has 0 heterocycles. The van der Waals surface area contributed by atoms with Gasteiger partial charge in [-0.05, 0) is 36.4 Å². The maximum absolute atomic E-state index is 12.5. The Morgan fingerprint density at radius 3 is 2.52 bits per heavy atom. The summed E-state index contributed by atoms with van der Waals surface area (Å²) in [6.07, 6.45) is 0. The van der Waals surface area contributed by atoms with Crippen molar-refractivity contribution in [3.8, 4) is 6.07 Å². The fourth-order valence-electron chi connectivity index (χ4n) is 1.72. The normalized spacial score (nSPS) is 11.4. The number of nitriles is 1. The molecular formula is C15H13N3O2S. The number of nitrogens with one attached hydrogen (secondary N) is 1. The van der Waals surface area contributed by atoms with Crippen molar-refractivity contribution in [2.75, 3.05) is 11.9 Å². The fourth-order valence-corrected chi connectivity index (χ4v) is 2.86. The Bertz CT molecular complexity index is 738. The summed E-state index contributed by atoms with van der Waals surface area (Å²) in [5, 5.41) is 11.5. The Hall–Kier alpha value is -2.49. The summed E-state index contributed by atoms with van der Waals surface area (Å²) in [6.45, 7) is -0.114. The van der Waals surface area contributed by atoms with E-state index in [4.69, 9.17) is 11.0 Å². The predicted octanol–water partition coefficient (Wildman–Crippen LogP) is 1.62. The van der Waals surface area contributed by atoms with Crippen LogP contribution in [0.4, 0.5) is 5.69 Å². The van der Waals surface area contributed by atoms with Gasteiger partial charge in [-0.1, -0.05) is 12.1 Å². The second-order valence-electron chi connectivity index (χ2n) is 4.19. The molecular weight excluding hydrogens is 286 g/mol. The van der Waals surface area contributed by atoms with Crippen LogP contribution in [0.15, 0.2) is 58.3 Å². The van der Waals surface area contributed by atoms with Gasteiger partial charge in [0.1, 0.15) is 0 Å². The van der Waals surface area contributed by atoms with Gasteiger partial charge in [-0.15, -0.1) is 0 Å². The molecule has 0 aliphatic rings. The highest BCUT2D eigenvalue weighted by Crippen LogP contribution is 2.20. The van der Waals surface area contributed by atoms with Crippen molar-refractivity contribution in [2.24, 2.45) is 5.73 Å². The Kier molecular flexibility index (Phi) is 4.82. The van der Waals surface area contributed by atoms with Crippen LogP contribution in [0.1, 0.15) is 5.56 Å². The van der Waals surface area contributed by atoms with E-state index in [1.807, 2.05) is 6.07 Å². The highest BCUT2D eigenvalue weighted by Gasteiger charge is 2.09. The molecule has 1 unspecified atom stereocenters. The van der Waals surface area contributed by atoms with E-state index in [1.54, 1.807) is 48.5 Å². The van der Waals surface area contributed by atoms with Gasteiger partial charge in [0.05, 0.1) is 29.0 Å². The van der Waals surface area contributed by atoms with Crippen LogP contribution in [0, 0.1) is 11.3 Å². The molecule has 106 valence electrons. The summed E-state index contributed by atoms with van der Waals surface area (Å²) in [5.41, 5.74) is 6.23. The average Bonchev–Trinajstić information content (AvgIpc) is 2.54. The first-order valence-electron chi connectivity index (χ1n) is 6.16. The second-order valence-corrected chi connectivity index (χ2v) is 5.67. The van der Waals surface area contributed by atoms with E-state index in [0.717, 1.165) is 0 Å². The number of rotatable bonds is 4. The van der Waals surface area contributed by atoms with Gasteiger partial charge in [-0.3, -0.25) is 4.79 Å². The van der Waals surface area contributed by atoms with E-state index >= 15 is 0 Å². The summed E-state index contributed by atoms with van der Waals surface area (Å²) in [7, 11) is -1.42. The SMILES string of the molecule is N#Cc1cccc(S(=O)c2cccc(NC(=O)CN)c2)c1. The Morgan fingerprint density at radius 2 is 1.86 bits per heavy atom. The standard InChI is InChI=1S/C15H13N3O2S/c16-9-11-3-1-5-13(7-11)21(20)14-6-2-4-12(8-14)18-15(19)10-17/h1-8H,10,17H2,(H,18,19). The summed E-state index contributed by atoms with van der Waals surface area (Å²) in [6, 6.07) is 15.4. The van der Waals surface area contributed by atoms with Crippen molar-refractivity contribution in [3.05, 3.63) is 54.1 Å². The van der Waals surface area contributed by atoms with Gasteiger partial charge in [0, 0.05) is 15.5 Å². The summed E-state index contributed by atoms with van der Waals surface area (Å²) < 4.78 is 12.5. The number of nitrogens with two attached hydrogens (primary N) is 1. The van der Waals surface area contributed by atoms with E-state index in [2.05, 4.69) is 5.32 Å². The number of nitrogens with zero attached hydrogens (tertiary/aromatic N) is 1. The first-order chi connectivity index (χ1) is 10.1. The van der Waals surface area contributed by atoms with E-state index < -0.39 is 10.8 Å². The van der Waals surface area contributed by atoms with Crippen molar-refractivity contribution in [2.45, 2.75) is 9.79 Å². The van der Waals surface area contributed by atoms with Gasteiger partial charge < -0.3 is 11.1 Å². The molecule has 0 spiro atoms. The average molecular weight is 299 g/mol. The molecule has 0 aliphatic carbocycles. The lowest BCUT2D eigenvalue weighted by Crippen LogP contribution is -2.21. The van der Waals surface area contributed by atoms with Gasteiger partial charge in [-0.2, -0.15) is 5.26 Å². The van der Waals surface area contributed by atoms with Gasteiger partial charge >= 0.3 is 0 Å². The number of amides is 1. The molecule has 1 amide bonds. The summed E-state index contributed by atoms with van der Waals surface area (Å²) in [4.78, 5) is 12.3. The zero-order valence-electron chi connectivity index (χ0n) is 11.1. The van der Waals surface area contributed by atoms with E-state index in [1.165, 1.54) is 0 Å². The first-order valence-corrected chi connectivity index (χ1v) is 7.31. The van der Waals surface area contributed by atoms with Gasteiger partial charge in [-0.25, -0.2) is 4.21 Å². The van der Waals surface area contributed by atoms with E-state index in [-0.39, 0.29) is 12.5 Å². The lowest BCUT2D eigenvalue weighted by atomic mass is 10.2. The van der Waals surface area contributed by atoms with Gasteiger partial charge in [0.15, 0.2) is 0 Å². The predicted molar refractivity (Wildman–Crippen MR) is 80.0 cm³/mol. The summed E-state index contributed by atoms with van der Waals surface area (Å²) >= 11 is 0. The molecule has 0 saturated carbocycles. The second kappa shape index (κ2) is 6.79. The number of hydrogen-bond donors (Lipinski definition) is 2. The molecule has 2 aromatic rings. The molecule has 0 aromatic heterocycles. The maximum Gasteiger partial charge on any atom is 0.238 e. The van der Waals surface area contributed by atoms with Gasteiger partial charge in [0.25, 0.3) is 0 Å². The van der Waals surface area contributed by atoms with Crippen molar-refractivity contribution in [3.63, 3.8) is 0 Å². The highest BCUT2D eigenvalue weighted by molar-refractivity contribution is 7.85. The molecule has 2 aromatic carbocycles. The molecule has 0 saturated heterocycles. The Balaban J connectivity index is 2.29. The third-order valence-electron chi connectivity index (χ3n) is 2.69. The molecule has 3 N–H and O–H groups in total. The molecule has 0 bridgehead atoms. The maximum atomic E-state index is 12.5. The third-order valence-corrected chi connectivity index (χ3v) is 4.06. The molecule has 1 atom stereocenters. The van der Waals surface area contributed by atoms with Crippen LogP contribution < -0.4 is 11.1 Å². The molecule has 0 aliphatic heterocycles. The van der Waals surface area contributed by atoms with E-state index in [9.17, 15) is 9.00 Å². The highest BCUT2D eigenvalue weighted by atomic mass is 32.2. The van der Waals surface area contributed by atoms with Crippen LogP contribution in [-0.4, -0.2) is 16.7 Å². The van der Waals surface area contributed by atoms with Crippen molar-refractivity contribution >= 4 is 22.4 Å². The minimum absolute atomic E-state index is 0.114. The minimum Gasteiger partial charge on any atom is -0.325 e. The van der Waals surface area contributed by atoms with Crippen LogP contribution in [0.5, 0.6) is 0 Å². The lowest BCUT2D eigenvalue weighted by molar-refractivity contribution is -0.114. The number of carbonyl (C=O) groups is 1. The largest absolute Gasteiger partial charge is 0.325 e. The van der Waals surface area contributed by atoms with Crippen LogP contribution in [0.25, 0.3) is 0 Å². The molecule has 0 fully saturated rings. The van der Waals surface area contributed by atoms with Gasteiger partial charge in [0.2, 0.25) is 5.91 Å². The quantitative estimate of drug-likeness (QED) is 0.896. The van der Waals surface area contributed by atoms with E-state index in [0.29, 0.717) is 21.0 Å². The number of carbonyl (C=O) groups excluding carboxylic acids is 1. The van der Waals surface area contributed by atoms with Crippen LogP contribution in [0.2, 0.25) is 0 Å². The van der Waals surface area contributed by atoms with Crippen molar-refractivity contribution < 1.29 is 9.00 Å². The summed E-state index contributed by atoms with van der Waals surface area (Å²) in [5.74, 6) is -0.315. The first kappa shape index (κ1) is 14.9. The van der Waals surface area contributed by atoms with Crippen molar-refractivity contribution in [1.29, 1.82) is 5.26 Å². The van der Waals surface area contributed by atoms with Crippen LogP contribution in [-0.2, 0) is 15.6 Å². The van der Waals surface area contributed by atoms with Crippen LogP contribution in [0.3, 0.4) is 0 Å². The molecule has 21 heavy (non-hydrogen) atoms. The Labute approximate surface area is 124 Å². The number of anilines is 1. The topological polar surface area (TPSA) is 96.0 Å². The third kappa shape index (κ3) is 3.75. The smallest absolute Gasteiger partial charge is 0.238 e. The molecule has 2 rings (SSSR count). The number of hydrogen-bond acceptors (Lipinski definition) is 4. The van der Waals surface area contributed by atoms with Crippen LogP contribution >= 0.6 is 0 Å². The number of benzene rings is 2. The minimum atomic E-state index is -1.42. The lowest BCUT2D eigenvalue weighted by Gasteiger charge is -2.07.